The average molecular weight is 396 g/mol. The average Bonchev–Trinajstić information content (AvgIpc) is 3.48. The molecule has 0 bridgehead atoms. The SMILES string of the molecule is O=C(CCCc1ccccc1)NCCn1nc(C(=O)NC2CC2)c2c1CCOC2. The van der Waals surface area contributed by atoms with Crippen LogP contribution in [-0.4, -0.2) is 40.8 Å². The topological polar surface area (TPSA) is 85.2 Å². The molecular formula is C22H28N4O3. The smallest absolute Gasteiger partial charge is 0.272 e. The minimum atomic E-state index is -0.113. The summed E-state index contributed by atoms with van der Waals surface area (Å²) in [5.74, 6) is -0.0602. The molecule has 4 rings (SSSR count). The molecule has 2 amide bonds. The second-order valence-corrected chi connectivity index (χ2v) is 7.74. The summed E-state index contributed by atoms with van der Waals surface area (Å²) in [6.07, 6.45) is 5.07. The molecule has 0 atom stereocenters. The van der Waals surface area contributed by atoms with E-state index in [-0.39, 0.29) is 11.8 Å². The molecular weight excluding hydrogens is 368 g/mol. The van der Waals surface area contributed by atoms with Gasteiger partial charge in [-0.2, -0.15) is 5.10 Å². The second kappa shape index (κ2) is 9.22. The van der Waals surface area contributed by atoms with Crippen molar-refractivity contribution in [1.82, 2.24) is 20.4 Å². The molecule has 1 aliphatic heterocycles. The fraction of sp³-hybridized carbons (Fsp3) is 0.500. The van der Waals surface area contributed by atoms with Crippen LogP contribution in [0, 0.1) is 0 Å². The Bertz CT molecular complexity index is 858. The minimum absolute atomic E-state index is 0.0528. The van der Waals surface area contributed by atoms with E-state index >= 15 is 0 Å². The number of rotatable bonds is 9. The molecule has 2 N–H and O–H groups in total. The lowest BCUT2D eigenvalue weighted by molar-refractivity contribution is -0.121. The summed E-state index contributed by atoms with van der Waals surface area (Å²) in [6.45, 7) is 2.12. The van der Waals surface area contributed by atoms with Crippen LogP contribution in [0.15, 0.2) is 30.3 Å². The molecule has 154 valence electrons. The standard InChI is InChI=1S/C22H28N4O3/c27-20(8-4-7-16-5-2-1-3-6-16)23-12-13-26-19-11-14-29-15-18(19)21(25-26)22(28)24-17-9-10-17/h1-3,5-6,17H,4,7-15H2,(H,23,27)(H,24,28). The highest BCUT2D eigenvalue weighted by Gasteiger charge is 2.29. The molecule has 1 fully saturated rings. The molecule has 2 aromatic rings. The summed E-state index contributed by atoms with van der Waals surface area (Å²) < 4.78 is 7.41. The Morgan fingerprint density at radius 1 is 1.21 bits per heavy atom. The molecule has 0 radical (unpaired) electrons. The van der Waals surface area contributed by atoms with Crippen molar-refractivity contribution in [2.75, 3.05) is 13.2 Å². The number of nitrogens with zero attached hydrogens (tertiary/aromatic N) is 2. The molecule has 2 heterocycles. The van der Waals surface area contributed by atoms with Gasteiger partial charge in [-0.25, -0.2) is 0 Å². The molecule has 0 unspecified atom stereocenters. The van der Waals surface area contributed by atoms with Crippen LogP contribution in [0.5, 0.6) is 0 Å². The lowest BCUT2D eigenvalue weighted by atomic mass is 10.1. The molecule has 1 aromatic heterocycles. The first kappa shape index (κ1) is 19.6. The zero-order valence-corrected chi connectivity index (χ0v) is 16.7. The van der Waals surface area contributed by atoms with Crippen molar-refractivity contribution in [2.45, 2.75) is 57.7 Å². The van der Waals surface area contributed by atoms with Crippen LogP contribution in [0.3, 0.4) is 0 Å². The number of hydrogen-bond acceptors (Lipinski definition) is 4. The summed E-state index contributed by atoms with van der Waals surface area (Å²) >= 11 is 0. The zero-order chi connectivity index (χ0) is 20.1. The van der Waals surface area contributed by atoms with E-state index in [1.807, 2.05) is 22.9 Å². The maximum Gasteiger partial charge on any atom is 0.272 e. The number of ether oxygens (including phenoxy) is 1. The number of carbonyl (C=O) groups excluding carboxylic acids is 2. The summed E-state index contributed by atoms with van der Waals surface area (Å²) in [4.78, 5) is 24.6. The summed E-state index contributed by atoms with van der Waals surface area (Å²) in [5.41, 5.74) is 3.67. The normalized spacial score (nSPS) is 15.6. The summed E-state index contributed by atoms with van der Waals surface area (Å²) in [5, 5.41) is 10.5. The quantitative estimate of drug-likeness (QED) is 0.679. The van der Waals surface area contributed by atoms with Crippen LogP contribution in [0.1, 0.15) is 53.0 Å². The van der Waals surface area contributed by atoms with Gasteiger partial charge in [-0.15, -0.1) is 0 Å². The number of amides is 2. The van der Waals surface area contributed by atoms with Crippen molar-refractivity contribution in [1.29, 1.82) is 0 Å². The number of aromatic nitrogens is 2. The monoisotopic (exact) mass is 396 g/mol. The van der Waals surface area contributed by atoms with Gasteiger partial charge in [0.2, 0.25) is 5.91 Å². The van der Waals surface area contributed by atoms with Crippen molar-refractivity contribution in [3.8, 4) is 0 Å². The van der Waals surface area contributed by atoms with E-state index in [2.05, 4.69) is 27.9 Å². The number of carbonyl (C=O) groups is 2. The Hall–Kier alpha value is -2.67. The fourth-order valence-corrected chi connectivity index (χ4v) is 3.64. The molecule has 0 saturated heterocycles. The van der Waals surface area contributed by atoms with E-state index in [4.69, 9.17) is 4.74 Å². The van der Waals surface area contributed by atoms with Gasteiger partial charge in [-0.3, -0.25) is 14.3 Å². The van der Waals surface area contributed by atoms with E-state index in [0.29, 0.717) is 44.5 Å². The third kappa shape index (κ3) is 5.23. The van der Waals surface area contributed by atoms with E-state index in [1.54, 1.807) is 0 Å². The maximum absolute atomic E-state index is 12.5. The lowest BCUT2D eigenvalue weighted by Gasteiger charge is -2.15. The van der Waals surface area contributed by atoms with Gasteiger partial charge in [0.1, 0.15) is 0 Å². The molecule has 0 spiro atoms. The van der Waals surface area contributed by atoms with Gasteiger partial charge < -0.3 is 15.4 Å². The highest BCUT2D eigenvalue weighted by molar-refractivity contribution is 5.94. The highest BCUT2D eigenvalue weighted by Crippen LogP contribution is 2.23. The number of aryl methyl sites for hydroxylation is 1. The van der Waals surface area contributed by atoms with E-state index in [1.165, 1.54) is 5.56 Å². The van der Waals surface area contributed by atoms with Gasteiger partial charge in [-0.05, 0) is 31.2 Å². The Morgan fingerprint density at radius 3 is 2.83 bits per heavy atom. The van der Waals surface area contributed by atoms with Crippen LogP contribution in [0.2, 0.25) is 0 Å². The van der Waals surface area contributed by atoms with Crippen molar-refractivity contribution >= 4 is 11.8 Å². The van der Waals surface area contributed by atoms with E-state index in [9.17, 15) is 9.59 Å². The maximum atomic E-state index is 12.5. The minimum Gasteiger partial charge on any atom is -0.376 e. The number of hydrogen-bond donors (Lipinski definition) is 2. The van der Waals surface area contributed by atoms with Crippen LogP contribution >= 0.6 is 0 Å². The first-order chi connectivity index (χ1) is 14.2. The number of benzene rings is 1. The first-order valence-electron chi connectivity index (χ1n) is 10.5. The van der Waals surface area contributed by atoms with Crippen LogP contribution in [0.25, 0.3) is 0 Å². The van der Waals surface area contributed by atoms with Crippen LogP contribution < -0.4 is 10.6 Å². The van der Waals surface area contributed by atoms with Crippen molar-refractivity contribution in [3.63, 3.8) is 0 Å². The van der Waals surface area contributed by atoms with Gasteiger partial charge >= 0.3 is 0 Å². The van der Waals surface area contributed by atoms with E-state index < -0.39 is 0 Å². The molecule has 7 heteroatoms. The third-order valence-corrected chi connectivity index (χ3v) is 5.38. The summed E-state index contributed by atoms with van der Waals surface area (Å²) in [7, 11) is 0. The highest BCUT2D eigenvalue weighted by atomic mass is 16.5. The molecule has 7 nitrogen and oxygen atoms in total. The van der Waals surface area contributed by atoms with Gasteiger partial charge in [0, 0.05) is 36.7 Å². The van der Waals surface area contributed by atoms with Crippen molar-refractivity contribution in [3.05, 3.63) is 52.8 Å². The molecule has 29 heavy (non-hydrogen) atoms. The Labute approximate surface area is 170 Å². The first-order valence-corrected chi connectivity index (χ1v) is 10.5. The van der Waals surface area contributed by atoms with Gasteiger partial charge in [0.15, 0.2) is 5.69 Å². The van der Waals surface area contributed by atoms with Gasteiger partial charge in [0.05, 0.1) is 19.8 Å². The second-order valence-electron chi connectivity index (χ2n) is 7.74. The predicted molar refractivity (Wildman–Crippen MR) is 108 cm³/mol. The Kier molecular flexibility index (Phi) is 6.24. The fourth-order valence-electron chi connectivity index (χ4n) is 3.64. The largest absolute Gasteiger partial charge is 0.376 e. The van der Waals surface area contributed by atoms with Crippen LogP contribution in [0.4, 0.5) is 0 Å². The molecule has 1 aliphatic carbocycles. The van der Waals surface area contributed by atoms with E-state index in [0.717, 1.165) is 43.4 Å². The number of fused-ring (bicyclic) bond motifs is 1. The molecule has 1 saturated carbocycles. The number of nitrogens with one attached hydrogen (secondary N) is 2. The summed E-state index contributed by atoms with van der Waals surface area (Å²) in [6, 6.07) is 10.5. The lowest BCUT2D eigenvalue weighted by Crippen LogP contribution is -2.28. The Morgan fingerprint density at radius 2 is 2.03 bits per heavy atom. The zero-order valence-electron chi connectivity index (χ0n) is 16.7. The molecule has 2 aliphatic rings. The van der Waals surface area contributed by atoms with Gasteiger partial charge in [-0.1, -0.05) is 30.3 Å². The van der Waals surface area contributed by atoms with Crippen molar-refractivity contribution in [2.24, 2.45) is 0 Å². The van der Waals surface area contributed by atoms with Crippen molar-refractivity contribution < 1.29 is 14.3 Å². The Balaban J connectivity index is 1.27. The van der Waals surface area contributed by atoms with Crippen LogP contribution in [-0.2, 0) is 35.5 Å². The predicted octanol–water partition coefficient (Wildman–Crippen LogP) is 1.99. The third-order valence-electron chi connectivity index (χ3n) is 5.38. The molecule has 1 aromatic carbocycles. The van der Waals surface area contributed by atoms with Gasteiger partial charge in [0.25, 0.3) is 5.91 Å².